The molecule has 2 fully saturated rings. The molecule has 8 nitrogen and oxygen atoms in total. The number of piperazine rings is 1. The first kappa shape index (κ1) is 18.6. The molecule has 1 aliphatic heterocycles. The van der Waals surface area contributed by atoms with Crippen molar-refractivity contribution in [3.63, 3.8) is 0 Å². The number of hydrogen-bond donors (Lipinski definition) is 0. The van der Waals surface area contributed by atoms with Crippen LogP contribution < -0.4 is 14.5 Å². The zero-order valence-corrected chi connectivity index (χ0v) is 16.8. The minimum atomic E-state index is -0.363. The standard InChI is InChI=1S/C22H23N5O3/c1-30-20-5-3-2-4-19(20)25-10-12-26(13-11-25)22-17-14-16(27(28)29)8-9-18(17)23-21(24-22)15-6-7-15/h2-5,8-9,14-15H,6-7,10-13H2,1H3. The van der Waals surface area contributed by atoms with Crippen LogP contribution in [-0.4, -0.2) is 48.2 Å². The quantitative estimate of drug-likeness (QED) is 0.472. The first-order chi connectivity index (χ1) is 14.6. The Morgan fingerprint density at radius 3 is 2.47 bits per heavy atom. The van der Waals surface area contributed by atoms with E-state index in [1.807, 2.05) is 18.2 Å². The van der Waals surface area contributed by atoms with E-state index in [1.165, 1.54) is 6.07 Å². The van der Waals surface area contributed by atoms with Crippen LogP contribution in [0.25, 0.3) is 10.9 Å². The average molecular weight is 405 g/mol. The molecular weight excluding hydrogens is 382 g/mol. The van der Waals surface area contributed by atoms with Crippen molar-refractivity contribution in [2.75, 3.05) is 43.1 Å². The van der Waals surface area contributed by atoms with E-state index in [4.69, 9.17) is 14.7 Å². The molecule has 0 N–H and O–H groups in total. The van der Waals surface area contributed by atoms with E-state index < -0.39 is 0 Å². The lowest BCUT2D eigenvalue weighted by atomic mass is 10.1. The molecule has 2 aliphatic rings. The molecule has 0 bridgehead atoms. The van der Waals surface area contributed by atoms with Gasteiger partial charge in [0.1, 0.15) is 17.4 Å². The highest BCUT2D eigenvalue weighted by Crippen LogP contribution is 2.40. The van der Waals surface area contributed by atoms with Crippen molar-refractivity contribution in [1.29, 1.82) is 0 Å². The maximum absolute atomic E-state index is 11.3. The fraction of sp³-hybridized carbons (Fsp3) is 0.364. The summed E-state index contributed by atoms with van der Waals surface area (Å²) in [5.74, 6) is 2.95. The molecule has 1 saturated heterocycles. The van der Waals surface area contributed by atoms with E-state index in [1.54, 1.807) is 19.2 Å². The lowest BCUT2D eigenvalue weighted by Gasteiger charge is -2.37. The van der Waals surface area contributed by atoms with Crippen molar-refractivity contribution in [3.8, 4) is 5.75 Å². The van der Waals surface area contributed by atoms with Crippen LogP contribution in [0.5, 0.6) is 5.75 Å². The highest BCUT2D eigenvalue weighted by Gasteiger charge is 2.30. The third-order valence-corrected chi connectivity index (χ3v) is 5.83. The zero-order chi connectivity index (χ0) is 20.7. The van der Waals surface area contributed by atoms with E-state index in [-0.39, 0.29) is 10.6 Å². The summed E-state index contributed by atoms with van der Waals surface area (Å²) < 4.78 is 5.51. The largest absolute Gasteiger partial charge is 0.495 e. The second-order valence-electron chi connectivity index (χ2n) is 7.78. The minimum absolute atomic E-state index is 0.0687. The maximum Gasteiger partial charge on any atom is 0.270 e. The van der Waals surface area contributed by atoms with Crippen molar-refractivity contribution in [1.82, 2.24) is 9.97 Å². The monoisotopic (exact) mass is 405 g/mol. The Balaban J connectivity index is 1.47. The van der Waals surface area contributed by atoms with Crippen LogP contribution in [0.2, 0.25) is 0 Å². The molecule has 2 heterocycles. The number of aromatic nitrogens is 2. The summed E-state index contributed by atoms with van der Waals surface area (Å²) in [6, 6.07) is 12.9. The molecule has 1 aliphatic carbocycles. The number of benzene rings is 2. The van der Waals surface area contributed by atoms with Gasteiger partial charge in [0, 0.05) is 49.6 Å². The van der Waals surface area contributed by atoms with Gasteiger partial charge in [-0.3, -0.25) is 10.1 Å². The molecule has 30 heavy (non-hydrogen) atoms. The second kappa shape index (κ2) is 7.44. The third-order valence-electron chi connectivity index (χ3n) is 5.83. The van der Waals surface area contributed by atoms with Crippen LogP contribution >= 0.6 is 0 Å². The molecule has 1 saturated carbocycles. The molecule has 154 valence electrons. The lowest BCUT2D eigenvalue weighted by molar-refractivity contribution is -0.384. The number of nitrogens with zero attached hydrogens (tertiary/aromatic N) is 5. The van der Waals surface area contributed by atoms with E-state index in [2.05, 4.69) is 15.9 Å². The van der Waals surface area contributed by atoms with Gasteiger partial charge in [-0.05, 0) is 31.0 Å². The molecule has 8 heteroatoms. The number of fused-ring (bicyclic) bond motifs is 1. The summed E-state index contributed by atoms with van der Waals surface area (Å²) in [4.78, 5) is 25.0. The van der Waals surface area contributed by atoms with Gasteiger partial charge in [0.25, 0.3) is 5.69 Å². The lowest BCUT2D eigenvalue weighted by Crippen LogP contribution is -2.47. The number of nitro groups is 1. The highest BCUT2D eigenvalue weighted by molar-refractivity contribution is 5.91. The number of rotatable bonds is 5. The van der Waals surface area contributed by atoms with Crippen LogP contribution in [0.4, 0.5) is 17.2 Å². The average Bonchev–Trinajstić information content (AvgIpc) is 3.63. The van der Waals surface area contributed by atoms with Crippen LogP contribution in [0.3, 0.4) is 0 Å². The van der Waals surface area contributed by atoms with Crippen molar-refractivity contribution >= 4 is 28.1 Å². The van der Waals surface area contributed by atoms with Crippen LogP contribution in [0, 0.1) is 10.1 Å². The molecule has 0 radical (unpaired) electrons. The zero-order valence-electron chi connectivity index (χ0n) is 16.8. The Morgan fingerprint density at radius 2 is 1.77 bits per heavy atom. The predicted octanol–water partition coefficient (Wildman–Crippen LogP) is 3.75. The number of hydrogen-bond acceptors (Lipinski definition) is 7. The van der Waals surface area contributed by atoms with Crippen molar-refractivity contribution in [3.05, 3.63) is 58.4 Å². The van der Waals surface area contributed by atoms with Crippen LogP contribution in [0.15, 0.2) is 42.5 Å². The predicted molar refractivity (Wildman–Crippen MR) is 116 cm³/mol. The topological polar surface area (TPSA) is 84.6 Å². The van der Waals surface area contributed by atoms with Gasteiger partial charge in [-0.2, -0.15) is 0 Å². The normalized spacial score (nSPS) is 16.7. The maximum atomic E-state index is 11.3. The van der Waals surface area contributed by atoms with Gasteiger partial charge in [0.2, 0.25) is 0 Å². The van der Waals surface area contributed by atoms with Crippen molar-refractivity contribution < 1.29 is 9.66 Å². The van der Waals surface area contributed by atoms with E-state index in [0.717, 1.165) is 73.0 Å². The number of methoxy groups -OCH3 is 1. The Labute approximate surface area is 174 Å². The highest BCUT2D eigenvalue weighted by atomic mass is 16.6. The summed E-state index contributed by atoms with van der Waals surface area (Å²) >= 11 is 0. The number of non-ortho nitro benzene ring substituents is 1. The summed E-state index contributed by atoms with van der Waals surface area (Å²) in [7, 11) is 1.69. The van der Waals surface area contributed by atoms with Gasteiger partial charge in [-0.15, -0.1) is 0 Å². The molecule has 5 rings (SSSR count). The third kappa shape index (κ3) is 3.38. The molecular formula is C22H23N5O3. The second-order valence-corrected chi connectivity index (χ2v) is 7.78. The summed E-state index contributed by atoms with van der Waals surface area (Å²) in [6.07, 6.45) is 2.22. The molecule has 0 unspecified atom stereocenters. The summed E-state index contributed by atoms with van der Waals surface area (Å²) in [5.41, 5.74) is 1.93. The number of anilines is 2. The Bertz CT molecular complexity index is 1110. The summed E-state index contributed by atoms with van der Waals surface area (Å²) in [6.45, 7) is 3.19. The molecule has 3 aromatic rings. The fourth-order valence-electron chi connectivity index (χ4n) is 4.05. The number of ether oxygens (including phenoxy) is 1. The number of para-hydroxylation sites is 2. The fourth-order valence-corrected chi connectivity index (χ4v) is 4.05. The number of nitro benzene ring substituents is 1. The smallest absolute Gasteiger partial charge is 0.270 e. The van der Waals surface area contributed by atoms with E-state index in [9.17, 15) is 10.1 Å². The van der Waals surface area contributed by atoms with Gasteiger partial charge < -0.3 is 14.5 Å². The summed E-state index contributed by atoms with van der Waals surface area (Å²) in [5, 5.41) is 12.1. The van der Waals surface area contributed by atoms with Crippen molar-refractivity contribution in [2.45, 2.75) is 18.8 Å². The Morgan fingerprint density at radius 1 is 1.03 bits per heavy atom. The minimum Gasteiger partial charge on any atom is -0.495 e. The van der Waals surface area contributed by atoms with Crippen LogP contribution in [0.1, 0.15) is 24.6 Å². The molecule has 1 aromatic heterocycles. The van der Waals surface area contributed by atoms with Crippen LogP contribution in [-0.2, 0) is 0 Å². The van der Waals surface area contributed by atoms with E-state index >= 15 is 0 Å². The van der Waals surface area contributed by atoms with Crippen molar-refractivity contribution in [2.24, 2.45) is 0 Å². The Kier molecular flexibility index (Phi) is 4.61. The molecule has 2 aromatic carbocycles. The van der Waals surface area contributed by atoms with Gasteiger partial charge in [0.15, 0.2) is 0 Å². The van der Waals surface area contributed by atoms with E-state index in [0.29, 0.717) is 5.92 Å². The van der Waals surface area contributed by atoms with Gasteiger partial charge >= 0.3 is 0 Å². The molecule has 0 spiro atoms. The van der Waals surface area contributed by atoms with Gasteiger partial charge in [-0.1, -0.05) is 12.1 Å². The van der Waals surface area contributed by atoms with Gasteiger partial charge in [0.05, 0.1) is 23.2 Å². The first-order valence-electron chi connectivity index (χ1n) is 10.2. The Hall–Kier alpha value is -3.42. The molecule has 0 amide bonds. The van der Waals surface area contributed by atoms with Gasteiger partial charge in [-0.25, -0.2) is 9.97 Å². The molecule has 0 atom stereocenters. The first-order valence-corrected chi connectivity index (χ1v) is 10.2. The SMILES string of the molecule is COc1ccccc1N1CCN(c2nc(C3CC3)nc3ccc([N+](=O)[O-])cc23)CC1.